The largest absolute Gasteiger partial charge is 0.493 e. The van der Waals surface area contributed by atoms with Crippen LogP contribution in [0, 0.1) is 0 Å². The Labute approximate surface area is 164 Å². The lowest BCUT2D eigenvalue weighted by molar-refractivity contribution is 0.0952. The lowest BCUT2D eigenvalue weighted by Gasteiger charge is -2.13. The topological polar surface area (TPSA) is 47.6 Å². The number of carbonyl (C=O) groups is 1. The molecule has 0 saturated carbocycles. The molecule has 2 aromatic carbocycles. The fourth-order valence-electron chi connectivity index (χ4n) is 2.40. The standard InChI is InChI=1S/C20H23Cl2NO3/c1-3-4-5-10-23-20(24)14-7-9-18(19(11-14)25-2)26-13-15-6-8-16(21)12-17(15)22/h6-9,11-12H,3-5,10,13H2,1-2H3,(H,23,24). The van der Waals surface area contributed by atoms with Crippen molar-refractivity contribution in [1.29, 1.82) is 0 Å². The van der Waals surface area contributed by atoms with Crippen LogP contribution in [-0.4, -0.2) is 19.6 Å². The van der Waals surface area contributed by atoms with E-state index < -0.39 is 0 Å². The first-order valence-corrected chi connectivity index (χ1v) is 9.33. The Morgan fingerprint density at radius 3 is 2.58 bits per heavy atom. The number of ether oxygens (including phenoxy) is 2. The number of benzene rings is 2. The van der Waals surface area contributed by atoms with E-state index in [-0.39, 0.29) is 12.5 Å². The molecule has 0 fully saturated rings. The number of rotatable bonds is 9. The maximum Gasteiger partial charge on any atom is 0.251 e. The van der Waals surface area contributed by atoms with Crippen molar-refractivity contribution in [2.24, 2.45) is 0 Å². The summed E-state index contributed by atoms with van der Waals surface area (Å²) < 4.78 is 11.2. The number of hydrogen-bond donors (Lipinski definition) is 1. The van der Waals surface area contributed by atoms with E-state index in [1.54, 1.807) is 37.4 Å². The monoisotopic (exact) mass is 395 g/mol. The van der Waals surface area contributed by atoms with Crippen molar-refractivity contribution in [2.75, 3.05) is 13.7 Å². The Kier molecular flexibility index (Phi) is 8.07. The Balaban J connectivity index is 2.02. The third kappa shape index (κ3) is 5.82. The van der Waals surface area contributed by atoms with E-state index in [9.17, 15) is 4.79 Å². The zero-order valence-electron chi connectivity index (χ0n) is 15.0. The molecular weight excluding hydrogens is 373 g/mol. The van der Waals surface area contributed by atoms with E-state index in [1.807, 2.05) is 6.07 Å². The minimum Gasteiger partial charge on any atom is -0.493 e. The molecule has 0 saturated heterocycles. The SMILES string of the molecule is CCCCCNC(=O)c1ccc(OCc2ccc(Cl)cc2Cl)c(OC)c1. The van der Waals surface area contributed by atoms with Crippen LogP contribution < -0.4 is 14.8 Å². The van der Waals surface area contributed by atoms with Gasteiger partial charge in [-0.25, -0.2) is 0 Å². The normalized spacial score (nSPS) is 10.5. The van der Waals surface area contributed by atoms with Gasteiger partial charge >= 0.3 is 0 Å². The zero-order valence-corrected chi connectivity index (χ0v) is 16.5. The van der Waals surface area contributed by atoms with Crippen molar-refractivity contribution in [2.45, 2.75) is 32.8 Å². The Bertz CT molecular complexity index is 750. The molecule has 26 heavy (non-hydrogen) atoms. The molecule has 4 nitrogen and oxygen atoms in total. The number of methoxy groups -OCH3 is 1. The quantitative estimate of drug-likeness (QED) is 0.570. The summed E-state index contributed by atoms with van der Waals surface area (Å²) in [7, 11) is 1.54. The first kappa shape index (κ1) is 20.4. The van der Waals surface area contributed by atoms with Gasteiger partial charge in [-0.1, -0.05) is 49.0 Å². The highest BCUT2D eigenvalue weighted by atomic mass is 35.5. The van der Waals surface area contributed by atoms with Gasteiger partial charge < -0.3 is 14.8 Å². The van der Waals surface area contributed by atoms with Gasteiger partial charge in [-0.15, -0.1) is 0 Å². The van der Waals surface area contributed by atoms with E-state index in [0.29, 0.717) is 33.7 Å². The predicted molar refractivity (Wildman–Crippen MR) is 106 cm³/mol. The van der Waals surface area contributed by atoms with E-state index in [4.69, 9.17) is 32.7 Å². The van der Waals surface area contributed by atoms with E-state index in [1.165, 1.54) is 0 Å². The number of unbranched alkanes of at least 4 members (excludes halogenated alkanes) is 2. The first-order chi connectivity index (χ1) is 12.5. The maximum atomic E-state index is 12.2. The van der Waals surface area contributed by atoms with Gasteiger partial charge in [0.15, 0.2) is 11.5 Å². The molecule has 0 radical (unpaired) electrons. The van der Waals surface area contributed by atoms with Gasteiger partial charge in [-0.05, 0) is 36.8 Å². The van der Waals surface area contributed by atoms with Gasteiger partial charge in [0, 0.05) is 27.7 Å². The molecule has 1 amide bonds. The van der Waals surface area contributed by atoms with Crippen LogP contribution in [0.2, 0.25) is 10.0 Å². The number of nitrogens with one attached hydrogen (secondary N) is 1. The summed E-state index contributed by atoms with van der Waals surface area (Å²) in [5, 5.41) is 4.03. The lowest BCUT2D eigenvalue weighted by atomic mass is 10.1. The minimum absolute atomic E-state index is 0.119. The molecule has 0 bridgehead atoms. The van der Waals surface area contributed by atoms with Gasteiger partial charge in [0.25, 0.3) is 5.91 Å². The van der Waals surface area contributed by atoms with Gasteiger partial charge in [-0.2, -0.15) is 0 Å². The molecule has 6 heteroatoms. The molecule has 0 heterocycles. The Morgan fingerprint density at radius 2 is 1.88 bits per heavy atom. The Morgan fingerprint density at radius 1 is 1.08 bits per heavy atom. The van der Waals surface area contributed by atoms with E-state index in [0.717, 1.165) is 24.8 Å². The molecular formula is C20H23Cl2NO3. The highest BCUT2D eigenvalue weighted by Gasteiger charge is 2.12. The van der Waals surface area contributed by atoms with Crippen molar-refractivity contribution in [1.82, 2.24) is 5.32 Å². The van der Waals surface area contributed by atoms with E-state index >= 15 is 0 Å². The second kappa shape index (κ2) is 10.3. The van der Waals surface area contributed by atoms with Crippen molar-refractivity contribution < 1.29 is 14.3 Å². The molecule has 0 aliphatic heterocycles. The molecule has 140 valence electrons. The average molecular weight is 396 g/mol. The second-order valence-corrected chi connectivity index (χ2v) is 6.70. The summed E-state index contributed by atoms with van der Waals surface area (Å²) in [6, 6.07) is 10.4. The molecule has 0 unspecified atom stereocenters. The summed E-state index contributed by atoms with van der Waals surface area (Å²) in [5.74, 6) is 0.920. The van der Waals surface area contributed by atoms with Crippen LogP contribution >= 0.6 is 23.2 Å². The second-order valence-electron chi connectivity index (χ2n) is 5.85. The van der Waals surface area contributed by atoms with Crippen molar-refractivity contribution >= 4 is 29.1 Å². The van der Waals surface area contributed by atoms with Crippen LogP contribution in [0.15, 0.2) is 36.4 Å². The van der Waals surface area contributed by atoms with Crippen LogP contribution in [0.5, 0.6) is 11.5 Å². The third-order valence-corrected chi connectivity index (χ3v) is 4.48. The van der Waals surface area contributed by atoms with Crippen LogP contribution in [0.4, 0.5) is 0 Å². The van der Waals surface area contributed by atoms with Crippen LogP contribution in [0.3, 0.4) is 0 Å². The van der Waals surface area contributed by atoms with Gasteiger partial charge in [-0.3, -0.25) is 4.79 Å². The van der Waals surface area contributed by atoms with Gasteiger partial charge in [0.2, 0.25) is 0 Å². The average Bonchev–Trinajstić information content (AvgIpc) is 2.64. The van der Waals surface area contributed by atoms with E-state index in [2.05, 4.69) is 12.2 Å². The highest BCUT2D eigenvalue weighted by molar-refractivity contribution is 6.35. The molecule has 0 atom stereocenters. The fourth-order valence-corrected chi connectivity index (χ4v) is 2.86. The predicted octanol–water partition coefficient (Wildman–Crippen LogP) is 5.50. The summed E-state index contributed by atoms with van der Waals surface area (Å²) in [6.45, 7) is 3.07. The maximum absolute atomic E-state index is 12.2. The molecule has 0 aliphatic rings. The zero-order chi connectivity index (χ0) is 18.9. The van der Waals surface area contributed by atoms with Gasteiger partial charge in [0.05, 0.1) is 7.11 Å². The van der Waals surface area contributed by atoms with Crippen LogP contribution in [0.25, 0.3) is 0 Å². The summed E-state index contributed by atoms with van der Waals surface area (Å²) in [5.41, 5.74) is 1.35. The smallest absolute Gasteiger partial charge is 0.251 e. The number of carbonyl (C=O) groups excluding carboxylic acids is 1. The van der Waals surface area contributed by atoms with Crippen LogP contribution in [-0.2, 0) is 6.61 Å². The van der Waals surface area contributed by atoms with Crippen molar-refractivity contribution in [3.63, 3.8) is 0 Å². The molecule has 0 aliphatic carbocycles. The lowest BCUT2D eigenvalue weighted by Crippen LogP contribution is -2.24. The highest BCUT2D eigenvalue weighted by Crippen LogP contribution is 2.30. The third-order valence-electron chi connectivity index (χ3n) is 3.89. The molecule has 2 aromatic rings. The van der Waals surface area contributed by atoms with Gasteiger partial charge in [0.1, 0.15) is 6.61 Å². The molecule has 0 aromatic heterocycles. The van der Waals surface area contributed by atoms with Crippen molar-refractivity contribution in [3.8, 4) is 11.5 Å². The first-order valence-electron chi connectivity index (χ1n) is 8.58. The minimum atomic E-state index is -0.119. The summed E-state index contributed by atoms with van der Waals surface area (Å²) in [6.07, 6.45) is 3.19. The Hall–Kier alpha value is -1.91. The van der Waals surface area contributed by atoms with Crippen molar-refractivity contribution in [3.05, 3.63) is 57.6 Å². The number of halogens is 2. The summed E-state index contributed by atoms with van der Waals surface area (Å²) in [4.78, 5) is 12.2. The number of amides is 1. The fraction of sp³-hybridized carbons (Fsp3) is 0.350. The number of hydrogen-bond acceptors (Lipinski definition) is 3. The molecule has 2 rings (SSSR count). The summed E-state index contributed by atoms with van der Waals surface area (Å²) >= 11 is 12.1. The van der Waals surface area contributed by atoms with Crippen LogP contribution in [0.1, 0.15) is 42.1 Å². The molecule has 1 N–H and O–H groups in total. The molecule has 0 spiro atoms.